The van der Waals surface area contributed by atoms with E-state index in [-0.39, 0.29) is 30.7 Å². The van der Waals surface area contributed by atoms with Crippen LogP contribution in [0.1, 0.15) is 52.1 Å². The number of phenols is 1. The van der Waals surface area contributed by atoms with Crippen LogP contribution in [0.25, 0.3) is 0 Å². The van der Waals surface area contributed by atoms with E-state index in [4.69, 9.17) is 5.73 Å². The van der Waals surface area contributed by atoms with Crippen LogP contribution in [0.5, 0.6) is 5.75 Å². The number of phenolic OH excluding ortho intramolecular Hbond substituents is 1. The number of nitrogens with two attached hydrogens (primary N) is 1. The Balaban J connectivity index is 1.67. The molecular formula is C30H30N2O8. The highest BCUT2D eigenvalue weighted by Gasteiger charge is 2.71. The zero-order valence-electron chi connectivity index (χ0n) is 22.1. The summed E-state index contributed by atoms with van der Waals surface area (Å²) in [4.78, 5) is 79.9. The average Bonchev–Trinajstić information content (AvgIpc) is 2.93. The third kappa shape index (κ3) is 3.73. The van der Waals surface area contributed by atoms with Crippen LogP contribution in [0, 0.1) is 29.1 Å². The average molecular weight is 547 g/mol. The molecule has 0 radical (unpaired) electrons. The number of aryl methyl sites for hydroxylation is 1. The normalized spacial score (nSPS) is 31.2. The van der Waals surface area contributed by atoms with Crippen molar-refractivity contribution in [2.45, 2.75) is 38.7 Å². The molecule has 0 aliphatic heterocycles. The monoisotopic (exact) mass is 546 g/mol. The van der Waals surface area contributed by atoms with E-state index in [0.717, 1.165) is 5.56 Å². The van der Waals surface area contributed by atoms with E-state index < -0.39 is 69.6 Å². The molecule has 2 aromatic carbocycles. The zero-order valence-corrected chi connectivity index (χ0v) is 22.1. The minimum Gasteiger partial charge on any atom is -0.507 e. The lowest BCUT2D eigenvalue weighted by atomic mass is 9.46. The number of aromatic hydroxyl groups is 1. The van der Waals surface area contributed by atoms with Crippen LogP contribution in [-0.2, 0) is 32.0 Å². The zero-order chi connectivity index (χ0) is 29.1. The first-order chi connectivity index (χ1) is 18.9. The van der Waals surface area contributed by atoms with E-state index in [0.29, 0.717) is 17.5 Å². The molecule has 2 aromatic rings. The number of amides is 2. The number of aliphatic hydroxyl groups is 1. The lowest BCUT2D eigenvalue weighted by Gasteiger charge is -2.56. The maximum atomic E-state index is 14.2. The fourth-order valence-corrected chi connectivity index (χ4v) is 7.05. The molecule has 208 valence electrons. The second-order valence-electron chi connectivity index (χ2n) is 11.2. The lowest BCUT2D eigenvalue weighted by molar-refractivity contribution is -0.185. The maximum Gasteiger partial charge on any atom is 0.251 e. The van der Waals surface area contributed by atoms with Gasteiger partial charge in [-0.3, -0.25) is 28.8 Å². The topological polar surface area (TPSA) is 181 Å². The van der Waals surface area contributed by atoms with Crippen molar-refractivity contribution in [3.05, 3.63) is 64.7 Å². The Morgan fingerprint density at radius 3 is 2.35 bits per heavy atom. The highest BCUT2D eigenvalue weighted by Crippen LogP contribution is 2.57. The number of primary amides is 1. The van der Waals surface area contributed by atoms with Gasteiger partial charge in [0.1, 0.15) is 5.75 Å². The van der Waals surface area contributed by atoms with Gasteiger partial charge in [-0.15, -0.1) is 0 Å². The van der Waals surface area contributed by atoms with Crippen molar-refractivity contribution < 1.29 is 39.0 Å². The third-order valence-corrected chi connectivity index (χ3v) is 9.12. The fraction of sp³-hybridized carbons (Fsp3) is 0.400. The molecule has 6 unspecified atom stereocenters. The van der Waals surface area contributed by atoms with Crippen molar-refractivity contribution in [1.82, 2.24) is 5.32 Å². The predicted molar refractivity (Wildman–Crippen MR) is 140 cm³/mol. The summed E-state index contributed by atoms with van der Waals surface area (Å²) in [5, 5.41) is 25.2. The molecule has 2 saturated carbocycles. The van der Waals surface area contributed by atoms with E-state index in [1.165, 1.54) is 13.0 Å². The van der Waals surface area contributed by atoms with Gasteiger partial charge in [-0.25, -0.2) is 0 Å². The summed E-state index contributed by atoms with van der Waals surface area (Å²) in [6.07, 6.45) is 0.434. The molecule has 0 heterocycles. The number of ketones is 4. The Hall–Kier alpha value is -4.18. The molecule has 10 heteroatoms. The Morgan fingerprint density at radius 1 is 1.05 bits per heavy atom. The van der Waals surface area contributed by atoms with E-state index >= 15 is 0 Å². The first kappa shape index (κ1) is 27.4. The van der Waals surface area contributed by atoms with Gasteiger partial charge in [0.15, 0.2) is 34.7 Å². The van der Waals surface area contributed by atoms with Crippen LogP contribution in [0.15, 0.2) is 42.5 Å². The van der Waals surface area contributed by atoms with Gasteiger partial charge in [-0.05, 0) is 48.6 Å². The van der Waals surface area contributed by atoms with Crippen molar-refractivity contribution in [3.63, 3.8) is 0 Å². The quantitative estimate of drug-likeness (QED) is 0.400. The number of nitrogens with one attached hydrogen (secondary N) is 1. The molecule has 40 heavy (non-hydrogen) atoms. The van der Waals surface area contributed by atoms with Crippen molar-refractivity contribution in [2.75, 3.05) is 6.54 Å². The minimum atomic E-state index is -2.81. The van der Waals surface area contributed by atoms with Gasteiger partial charge in [-0.1, -0.05) is 38.1 Å². The van der Waals surface area contributed by atoms with E-state index in [2.05, 4.69) is 5.32 Å². The van der Waals surface area contributed by atoms with Crippen LogP contribution in [0.3, 0.4) is 0 Å². The van der Waals surface area contributed by atoms with Crippen LogP contribution >= 0.6 is 0 Å². The molecule has 6 atom stereocenters. The van der Waals surface area contributed by atoms with Gasteiger partial charge in [0, 0.05) is 29.4 Å². The second-order valence-corrected chi connectivity index (χ2v) is 11.2. The fourth-order valence-electron chi connectivity index (χ4n) is 7.05. The van der Waals surface area contributed by atoms with Crippen LogP contribution < -0.4 is 11.1 Å². The summed E-state index contributed by atoms with van der Waals surface area (Å²) in [5.41, 5.74) is 2.76. The summed E-state index contributed by atoms with van der Waals surface area (Å²) in [5.74, 6) is -12.1. The molecule has 0 aromatic heterocycles. The molecule has 2 fully saturated rings. The molecule has 2 amide bonds. The van der Waals surface area contributed by atoms with Gasteiger partial charge in [0.25, 0.3) is 5.91 Å². The third-order valence-electron chi connectivity index (χ3n) is 9.12. The van der Waals surface area contributed by atoms with Crippen molar-refractivity contribution in [3.8, 4) is 5.75 Å². The maximum absolute atomic E-state index is 14.2. The lowest BCUT2D eigenvalue weighted by Crippen LogP contribution is -2.73. The number of Topliss-reactive ketones (excluding diaryl/α,β-unsaturated/α-hetero) is 4. The number of rotatable bonds is 5. The molecular weight excluding hydrogens is 516 g/mol. The molecule has 0 saturated heterocycles. The Kier molecular flexibility index (Phi) is 6.49. The van der Waals surface area contributed by atoms with Gasteiger partial charge in [0.05, 0.1) is 11.5 Å². The van der Waals surface area contributed by atoms with E-state index in [1.54, 1.807) is 36.4 Å². The molecule has 5 rings (SSSR count). The Bertz CT molecular complexity index is 1480. The van der Waals surface area contributed by atoms with Gasteiger partial charge in [0.2, 0.25) is 5.91 Å². The van der Waals surface area contributed by atoms with Crippen molar-refractivity contribution in [2.24, 2.45) is 34.8 Å². The largest absolute Gasteiger partial charge is 0.507 e. The minimum absolute atomic E-state index is 0.0661. The number of hydrogen-bond donors (Lipinski definition) is 4. The van der Waals surface area contributed by atoms with E-state index in [9.17, 15) is 39.0 Å². The predicted octanol–water partition coefficient (Wildman–Crippen LogP) is 0.935. The first-order valence-electron chi connectivity index (χ1n) is 13.2. The molecule has 0 spiro atoms. The standard InChI is InChI=1S/C30H30N2O8/c1-3-15-9-10-19(33)20-17(15)11-29(13-32-28(39)16-7-5-4-6-8-16)12-18-14(2)23(34)21(27(31)38)25(36)30(18,40)26(37)22(29)24(20)35/h4-10,14,18,21-22,33,40H,3,11-13H2,1-2H3,(H2,31,38)(H,32,39). The van der Waals surface area contributed by atoms with Crippen LogP contribution in [0.2, 0.25) is 0 Å². The molecule has 3 aliphatic rings. The van der Waals surface area contributed by atoms with Crippen LogP contribution in [-0.4, -0.2) is 57.3 Å². The molecule has 0 bridgehead atoms. The summed E-state index contributed by atoms with van der Waals surface area (Å²) in [7, 11) is 0. The number of carbonyl (C=O) groups excluding carboxylic acids is 6. The SMILES string of the molecule is CCc1ccc(O)c2c1CC1(CNC(=O)c3ccccc3)CC3C(C)C(=O)C(C(N)=O)C(=O)C3(O)C(=O)C1C2=O. The smallest absolute Gasteiger partial charge is 0.251 e. The Morgan fingerprint density at radius 2 is 1.73 bits per heavy atom. The van der Waals surface area contributed by atoms with Gasteiger partial charge >= 0.3 is 0 Å². The van der Waals surface area contributed by atoms with Crippen molar-refractivity contribution in [1.29, 1.82) is 0 Å². The molecule has 5 N–H and O–H groups in total. The van der Waals surface area contributed by atoms with Crippen molar-refractivity contribution >= 4 is 34.9 Å². The van der Waals surface area contributed by atoms with E-state index in [1.807, 2.05) is 6.92 Å². The second kappa shape index (κ2) is 9.48. The summed E-state index contributed by atoms with van der Waals surface area (Å²) >= 11 is 0. The summed E-state index contributed by atoms with van der Waals surface area (Å²) < 4.78 is 0. The number of benzene rings is 2. The first-order valence-corrected chi connectivity index (χ1v) is 13.2. The number of hydrogen-bond acceptors (Lipinski definition) is 8. The number of carbonyl (C=O) groups is 6. The molecule has 10 nitrogen and oxygen atoms in total. The van der Waals surface area contributed by atoms with Gasteiger partial charge < -0.3 is 21.3 Å². The number of fused-ring (bicyclic) bond motifs is 3. The summed E-state index contributed by atoms with van der Waals surface area (Å²) in [6.45, 7) is 3.12. The van der Waals surface area contributed by atoms with Crippen LogP contribution in [0.4, 0.5) is 0 Å². The highest BCUT2D eigenvalue weighted by atomic mass is 16.3. The highest BCUT2D eigenvalue weighted by molar-refractivity contribution is 6.32. The Labute approximate surface area is 229 Å². The summed E-state index contributed by atoms with van der Waals surface area (Å²) in [6, 6.07) is 11.4. The molecule has 3 aliphatic carbocycles. The van der Waals surface area contributed by atoms with Gasteiger partial charge in [-0.2, -0.15) is 0 Å².